The Hall–Kier alpha value is -8.61. The Labute approximate surface area is 577 Å². The zero-order valence-electron chi connectivity index (χ0n) is 59.5. The summed E-state index contributed by atoms with van der Waals surface area (Å²) in [6.07, 6.45) is -1.59. The standard InChI is InChI=1S/C74H106N10O14/c1-15-46(8)64(60(95-13)40-61(85)84-38-24-32-59(84)66(96-14)47(9)67(87)77-48(10)65(86)50-25-17-16-18-26-50)82(11)71(91)62(44(4)5)81-70(90)63(45(6)7)83(12)74(94)98-41-49-33-35-51(36-34-49)78-68(88)57(31-23-37-76-72(75)92)79-69(89)58(39-43(2)3)80-73(93)97-42-56-54-29-21-19-27-52(54)53-28-20-22-30-55(53)56/h16-22,25-30,33-36,43-48,56-60,62-66,86H,15,23-24,31-32,37-42H2,1-14H3,(H,77,87)(H,78,88)(H,79,89)(H,80,93)(H,81,90)(H3,75,76,92)/t46-,47+,48-,57-,58-,59-,60-,62-,63-,64-,65-,66+/m0/s1. The third-order valence-electron chi connectivity index (χ3n) is 18.9. The minimum absolute atomic E-state index is 0.0356. The first-order chi connectivity index (χ1) is 46.6. The lowest BCUT2D eigenvalue weighted by Gasteiger charge is -2.41. The van der Waals surface area contributed by atoms with Gasteiger partial charge in [-0.05, 0) is 108 Å². The quantitative estimate of drug-likeness (QED) is 0.0201. The van der Waals surface area contributed by atoms with E-state index in [2.05, 4.69) is 31.9 Å². The molecule has 9 N–H and O–H groups in total. The topological polar surface area (TPSA) is 319 Å². The normalized spacial score (nSPS) is 16.9. The van der Waals surface area contributed by atoms with E-state index in [1.807, 2.05) is 108 Å². The number of methoxy groups -OCH3 is 2. The van der Waals surface area contributed by atoms with E-state index in [4.69, 9.17) is 24.7 Å². The highest BCUT2D eigenvalue weighted by Gasteiger charge is 2.44. The van der Waals surface area contributed by atoms with Crippen molar-refractivity contribution in [1.29, 1.82) is 0 Å². The highest BCUT2D eigenvalue weighted by Crippen LogP contribution is 2.44. The van der Waals surface area contributed by atoms with Crippen molar-refractivity contribution >= 4 is 59.3 Å². The number of likely N-dealkylation sites (N-methyl/N-ethyl adjacent to an activating group) is 2. The van der Waals surface area contributed by atoms with E-state index in [1.54, 1.807) is 80.9 Å². The third-order valence-corrected chi connectivity index (χ3v) is 18.9. The van der Waals surface area contributed by atoms with Gasteiger partial charge in [-0.25, -0.2) is 14.4 Å². The predicted octanol–water partition coefficient (Wildman–Crippen LogP) is 8.40. The second-order valence-corrected chi connectivity index (χ2v) is 27.2. The third kappa shape index (κ3) is 21.0. The molecule has 0 aromatic heterocycles. The van der Waals surface area contributed by atoms with Gasteiger partial charge in [-0.2, -0.15) is 0 Å². The molecule has 12 atom stereocenters. The van der Waals surface area contributed by atoms with Crippen LogP contribution < -0.4 is 37.6 Å². The molecule has 10 amide bonds. The molecule has 0 saturated carbocycles. The van der Waals surface area contributed by atoms with Crippen LogP contribution in [0.2, 0.25) is 0 Å². The van der Waals surface area contributed by atoms with Crippen LogP contribution in [0.5, 0.6) is 0 Å². The van der Waals surface area contributed by atoms with Crippen molar-refractivity contribution in [3.8, 4) is 11.1 Å². The molecule has 2 aliphatic rings. The molecule has 6 rings (SSSR count). The minimum atomic E-state index is -1.12. The van der Waals surface area contributed by atoms with Gasteiger partial charge in [0.05, 0.1) is 48.8 Å². The molecular formula is C74H106N10O14. The number of hydrogen-bond donors (Lipinski definition) is 8. The maximum atomic E-state index is 14.9. The molecule has 4 aromatic carbocycles. The van der Waals surface area contributed by atoms with Crippen molar-refractivity contribution in [2.24, 2.45) is 35.3 Å². The number of amides is 10. The molecule has 1 heterocycles. The molecule has 0 spiro atoms. The Kier molecular flexibility index (Phi) is 29.9. The van der Waals surface area contributed by atoms with E-state index < -0.39 is 120 Å². The second-order valence-electron chi connectivity index (χ2n) is 27.2. The molecule has 0 bridgehead atoms. The first kappa shape index (κ1) is 78.4. The van der Waals surface area contributed by atoms with Crippen molar-refractivity contribution in [3.63, 3.8) is 0 Å². The lowest BCUT2D eigenvalue weighted by Crippen LogP contribution is -2.60. The van der Waals surface area contributed by atoms with Gasteiger partial charge in [0.1, 0.15) is 37.4 Å². The van der Waals surface area contributed by atoms with Crippen molar-refractivity contribution in [2.75, 3.05) is 53.3 Å². The first-order valence-corrected chi connectivity index (χ1v) is 34.3. The van der Waals surface area contributed by atoms with E-state index in [9.17, 15) is 48.3 Å². The number of aliphatic hydroxyl groups is 1. The van der Waals surface area contributed by atoms with Crippen LogP contribution >= 0.6 is 0 Å². The maximum absolute atomic E-state index is 14.9. The molecule has 1 aliphatic heterocycles. The van der Waals surface area contributed by atoms with Crippen LogP contribution in [0, 0.1) is 29.6 Å². The Bertz CT molecular complexity index is 3270. The number of anilines is 1. The van der Waals surface area contributed by atoms with Gasteiger partial charge < -0.3 is 71.5 Å². The summed E-state index contributed by atoms with van der Waals surface area (Å²) in [4.78, 5) is 129. The number of ether oxygens (including phenoxy) is 4. The summed E-state index contributed by atoms with van der Waals surface area (Å²) >= 11 is 0. The van der Waals surface area contributed by atoms with Gasteiger partial charge in [0, 0.05) is 53.0 Å². The highest BCUT2D eigenvalue weighted by atomic mass is 16.6. The summed E-state index contributed by atoms with van der Waals surface area (Å²) in [6.45, 7) is 18.8. The summed E-state index contributed by atoms with van der Waals surface area (Å²) in [5, 5.41) is 27.7. The average Bonchev–Trinajstić information content (AvgIpc) is 1.61. The lowest BCUT2D eigenvalue weighted by molar-refractivity contribution is -0.148. The number of urea groups is 1. The summed E-state index contributed by atoms with van der Waals surface area (Å²) in [5.74, 6) is -4.72. The number of carbonyl (C=O) groups excluding carboxylic acids is 9. The minimum Gasteiger partial charge on any atom is -0.449 e. The van der Waals surface area contributed by atoms with Crippen LogP contribution in [0.25, 0.3) is 11.1 Å². The number of primary amides is 1. The molecule has 4 aromatic rings. The summed E-state index contributed by atoms with van der Waals surface area (Å²) < 4.78 is 23.6. The number of carbonyl (C=O) groups is 9. The molecule has 24 nitrogen and oxygen atoms in total. The molecule has 536 valence electrons. The Morgan fingerprint density at radius 3 is 1.88 bits per heavy atom. The second kappa shape index (κ2) is 37.4. The molecular weight excluding hydrogens is 1250 g/mol. The number of nitrogens with one attached hydrogen (secondary N) is 6. The van der Waals surface area contributed by atoms with Crippen LogP contribution in [0.4, 0.5) is 20.1 Å². The van der Waals surface area contributed by atoms with Crippen LogP contribution in [-0.4, -0.2) is 176 Å². The Balaban J connectivity index is 1.05. The number of fused-ring (bicyclic) bond motifs is 3. The molecule has 0 unspecified atom stereocenters. The van der Waals surface area contributed by atoms with E-state index in [0.717, 1.165) is 22.3 Å². The fourth-order valence-electron chi connectivity index (χ4n) is 13.4. The maximum Gasteiger partial charge on any atom is 0.410 e. The Morgan fingerprint density at radius 1 is 0.684 bits per heavy atom. The lowest BCUT2D eigenvalue weighted by atomic mass is 9.89. The Morgan fingerprint density at radius 2 is 1.31 bits per heavy atom. The fourth-order valence-corrected chi connectivity index (χ4v) is 13.4. The van der Waals surface area contributed by atoms with Gasteiger partial charge in [0.15, 0.2) is 0 Å². The predicted molar refractivity (Wildman–Crippen MR) is 374 cm³/mol. The van der Waals surface area contributed by atoms with Gasteiger partial charge in [-0.1, -0.05) is 160 Å². The smallest absolute Gasteiger partial charge is 0.410 e. The molecule has 98 heavy (non-hydrogen) atoms. The number of benzene rings is 4. The number of aliphatic hydroxyl groups excluding tert-OH is 1. The molecule has 24 heteroatoms. The highest BCUT2D eigenvalue weighted by molar-refractivity contribution is 5.98. The van der Waals surface area contributed by atoms with Gasteiger partial charge in [0.25, 0.3) is 0 Å². The first-order valence-electron chi connectivity index (χ1n) is 34.3. The zero-order chi connectivity index (χ0) is 72.1. The van der Waals surface area contributed by atoms with Gasteiger partial charge in [0.2, 0.25) is 35.4 Å². The summed E-state index contributed by atoms with van der Waals surface area (Å²) in [6, 6.07) is 24.7. The van der Waals surface area contributed by atoms with Gasteiger partial charge >= 0.3 is 18.2 Å². The van der Waals surface area contributed by atoms with Crippen LogP contribution in [-0.2, 0) is 54.3 Å². The largest absolute Gasteiger partial charge is 0.449 e. The fraction of sp³-hybridized carbons (Fsp3) is 0.554. The zero-order valence-corrected chi connectivity index (χ0v) is 59.5. The molecule has 1 fully saturated rings. The molecule has 1 aliphatic carbocycles. The van der Waals surface area contributed by atoms with E-state index in [-0.39, 0.29) is 75.0 Å². The van der Waals surface area contributed by atoms with Crippen LogP contribution in [0.3, 0.4) is 0 Å². The monoisotopic (exact) mass is 1360 g/mol. The molecule has 0 radical (unpaired) electrons. The van der Waals surface area contributed by atoms with Crippen molar-refractivity contribution in [1.82, 2.24) is 41.3 Å². The van der Waals surface area contributed by atoms with Crippen molar-refractivity contribution in [2.45, 2.75) is 187 Å². The number of nitrogens with zero attached hydrogens (tertiary/aromatic N) is 3. The van der Waals surface area contributed by atoms with E-state index in [1.165, 1.54) is 26.2 Å². The van der Waals surface area contributed by atoms with Gasteiger partial charge in [-0.15, -0.1) is 0 Å². The number of hydrogen-bond acceptors (Lipinski definition) is 14. The SMILES string of the molecule is CC[C@H](C)[C@@H]([C@H](CC(=O)N1CCC[C@H]1[C@H](OC)[C@@H](C)C(=O)N[C@@H](C)[C@H](O)c1ccccc1)OC)N(C)C(=O)[C@@H](NC(=O)[C@H](C(C)C)N(C)C(=O)OCc1ccc(NC(=O)[C@H](CCCNC(N)=O)NC(=O)[C@H](CC(C)C)NC(=O)OCC2c3ccccc3-c3ccccc32)cc1)C(C)C. The van der Waals surface area contributed by atoms with E-state index in [0.29, 0.717) is 42.6 Å². The van der Waals surface area contributed by atoms with Crippen LogP contribution in [0.15, 0.2) is 103 Å². The number of alkyl carbamates (subject to hydrolysis) is 1. The summed E-state index contributed by atoms with van der Waals surface area (Å²) in [5.41, 5.74) is 11.1. The number of likely N-dealkylation sites (tertiary alicyclic amines) is 1. The number of rotatable bonds is 35. The van der Waals surface area contributed by atoms with Gasteiger partial charge in [-0.3, -0.25) is 33.7 Å². The van der Waals surface area contributed by atoms with E-state index >= 15 is 0 Å². The average molecular weight is 1360 g/mol. The van der Waals surface area contributed by atoms with Crippen LogP contribution in [0.1, 0.15) is 148 Å². The summed E-state index contributed by atoms with van der Waals surface area (Å²) in [7, 11) is 6.11. The van der Waals surface area contributed by atoms with Crippen molar-refractivity contribution in [3.05, 3.63) is 125 Å². The van der Waals surface area contributed by atoms with Crippen molar-refractivity contribution < 1.29 is 67.2 Å². The molecule has 1 saturated heterocycles. The number of nitrogens with two attached hydrogens (primary N) is 1.